The van der Waals surface area contributed by atoms with Crippen LogP contribution in [0.1, 0.15) is 24.8 Å². The van der Waals surface area contributed by atoms with Crippen molar-refractivity contribution in [3.05, 3.63) is 59.7 Å². The number of anilines is 2. The minimum atomic E-state index is -4.64. The van der Waals surface area contributed by atoms with Gasteiger partial charge in [0, 0.05) is 42.2 Å². The zero-order valence-electron chi connectivity index (χ0n) is 17.5. The van der Waals surface area contributed by atoms with Gasteiger partial charge in [0.05, 0.1) is 11.3 Å². The fourth-order valence-corrected chi connectivity index (χ4v) is 4.36. The van der Waals surface area contributed by atoms with Crippen LogP contribution in [0.4, 0.5) is 33.3 Å². The molecule has 1 fully saturated rings. The average molecular weight is 504 g/mol. The Morgan fingerprint density at radius 3 is 2.38 bits per heavy atom. The Hall–Kier alpha value is -3.06. The molecule has 0 aliphatic carbocycles. The Bertz CT molecular complexity index is 1090. The van der Waals surface area contributed by atoms with Crippen molar-refractivity contribution >= 4 is 34.5 Å². The molecule has 2 amide bonds. The van der Waals surface area contributed by atoms with Crippen molar-refractivity contribution < 1.29 is 40.3 Å². The second-order valence-electron chi connectivity index (χ2n) is 7.55. The molecule has 1 saturated heterocycles. The number of rotatable bonds is 6. The van der Waals surface area contributed by atoms with E-state index in [4.69, 9.17) is 0 Å². The summed E-state index contributed by atoms with van der Waals surface area (Å²) in [4.78, 5) is 25.8. The number of carbonyl (C=O) groups excluding carboxylic acids is 2. The van der Waals surface area contributed by atoms with Crippen LogP contribution in [0.25, 0.3) is 0 Å². The van der Waals surface area contributed by atoms with Crippen LogP contribution < -0.4 is 9.62 Å². The first-order valence-electron chi connectivity index (χ1n) is 10.0. The van der Waals surface area contributed by atoms with E-state index >= 15 is 0 Å². The van der Waals surface area contributed by atoms with E-state index in [1.165, 1.54) is 11.0 Å². The van der Waals surface area contributed by atoms with Gasteiger partial charge in [0.1, 0.15) is 18.1 Å². The number of carbonyl (C=O) groups is 2. The summed E-state index contributed by atoms with van der Waals surface area (Å²) in [5.74, 6) is -3.23. The van der Waals surface area contributed by atoms with Crippen LogP contribution in [0, 0.1) is 11.6 Å². The SMILES string of the molecule is O=C(CC(=O)N1CCC(N(c2cccc(C(F)(F)F)c2)S(=O)[O-])CC1)Nc1ccc(F)cc1F. The molecule has 2 aromatic rings. The molecule has 0 bridgehead atoms. The van der Waals surface area contributed by atoms with E-state index in [1.807, 2.05) is 0 Å². The molecule has 1 aliphatic heterocycles. The molecule has 0 saturated carbocycles. The van der Waals surface area contributed by atoms with E-state index in [1.54, 1.807) is 0 Å². The van der Waals surface area contributed by atoms with Gasteiger partial charge in [0.15, 0.2) is 0 Å². The fourth-order valence-electron chi connectivity index (χ4n) is 3.62. The Morgan fingerprint density at radius 2 is 1.79 bits per heavy atom. The van der Waals surface area contributed by atoms with Crippen molar-refractivity contribution in [3.8, 4) is 0 Å². The van der Waals surface area contributed by atoms with Gasteiger partial charge < -0.3 is 14.8 Å². The highest BCUT2D eigenvalue weighted by atomic mass is 32.2. The molecule has 3 rings (SSSR count). The molecule has 7 nitrogen and oxygen atoms in total. The van der Waals surface area contributed by atoms with Gasteiger partial charge in [-0.2, -0.15) is 13.2 Å². The predicted octanol–water partition coefficient (Wildman–Crippen LogP) is 3.60. The number of hydrogen-bond acceptors (Lipinski definition) is 4. The van der Waals surface area contributed by atoms with Crippen molar-refractivity contribution in [2.45, 2.75) is 31.5 Å². The lowest BCUT2D eigenvalue weighted by Gasteiger charge is -2.40. The van der Waals surface area contributed by atoms with Gasteiger partial charge in [0.2, 0.25) is 11.8 Å². The molecule has 0 spiro atoms. The lowest BCUT2D eigenvalue weighted by Crippen LogP contribution is -2.48. The zero-order valence-corrected chi connectivity index (χ0v) is 18.3. The summed E-state index contributed by atoms with van der Waals surface area (Å²) in [6, 6.07) is 5.80. The Labute approximate surface area is 194 Å². The molecular formula is C21H19F5N3O4S-. The van der Waals surface area contributed by atoms with Crippen LogP contribution in [-0.4, -0.2) is 44.6 Å². The molecule has 0 radical (unpaired) electrons. The van der Waals surface area contributed by atoms with Crippen molar-refractivity contribution in [2.75, 3.05) is 22.7 Å². The van der Waals surface area contributed by atoms with E-state index in [9.17, 15) is 40.3 Å². The summed E-state index contributed by atoms with van der Waals surface area (Å²) < 4.78 is 90.1. The van der Waals surface area contributed by atoms with Gasteiger partial charge in [0.25, 0.3) is 0 Å². The van der Waals surface area contributed by atoms with Crippen molar-refractivity contribution in [3.63, 3.8) is 0 Å². The first-order chi connectivity index (χ1) is 16.0. The first-order valence-corrected chi connectivity index (χ1v) is 11.1. The van der Waals surface area contributed by atoms with E-state index in [-0.39, 0.29) is 37.3 Å². The van der Waals surface area contributed by atoms with E-state index in [2.05, 4.69) is 5.32 Å². The Morgan fingerprint density at radius 1 is 1.12 bits per heavy atom. The number of nitrogens with zero attached hydrogens (tertiary/aromatic N) is 2. The van der Waals surface area contributed by atoms with Gasteiger partial charge in [-0.1, -0.05) is 6.07 Å². The quantitative estimate of drug-likeness (QED) is 0.370. The van der Waals surface area contributed by atoms with Gasteiger partial charge in [-0.05, 0) is 43.2 Å². The molecule has 1 atom stereocenters. The number of amides is 2. The molecule has 1 aliphatic rings. The summed E-state index contributed by atoms with van der Waals surface area (Å²) in [6.07, 6.45) is -5.00. The van der Waals surface area contributed by atoms with Gasteiger partial charge in [-0.3, -0.25) is 18.1 Å². The van der Waals surface area contributed by atoms with Crippen molar-refractivity contribution in [1.82, 2.24) is 4.90 Å². The summed E-state index contributed by atoms with van der Waals surface area (Å²) in [7, 11) is 0. The van der Waals surface area contributed by atoms with Gasteiger partial charge in [-0.25, -0.2) is 8.78 Å². The number of benzene rings is 2. The monoisotopic (exact) mass is 504 g/mol. The van der Waals surface area contributed by atoms with Crippen molar-refractivity contribution in [2.24, 2.45) is 0 Å². The lowest BCUT2D eigenvalue weighted by atomic mass is 10.0. The van der Waals surface area contributed by atoms with Crippen LogP contribution in [0.5, 0.6) is 0 Å². The molecule has 2 aromatic carbocycles. The number of likely N-dealkylation sites (tertiary alicyclic amines) is 1. The second kappa shape index (κ2) is 10.5. The molecule has 1 N–H and O–H groups in total. The van der Waals surface area contributed by atoms with Crippen LogP contribution in [0.15, 0.2) is 42.5 Å². The van der Waals surface area contributed by atoms with Crippen LogP contribution >= 0.6 is 0 Å². The summed E-state index contributed by atoms with van der Waals surface area (Å²) in [5, 5.41) is 2.18. The normalized spacial score (nSPS) is 15.6. The Balaban J connectivity index is 1.60. The number of piperidine rings is 1. The highest BCUT2D eigenvalue weighted by Crippen LogP contribution is 2.33. The molecule has 13 heteroatoms. The lowest BCUT2D eigenvalue weighted by molar-refractivity contribution is -0.138. The van der Waals surface area contributed by atoms with E-state index < -0.39 is 58.9 Å². The predicted molar refractivity (Wildman–Crippen MR) is 112 cm³/mol. The van der Waals surface area contributed by atoms with Crippen LogP contribution in [-0.2, 0) is 27.0 Å². The maximum absolute atomic E-state index is 13.6. The second-order valence-corrected chi connectivity index (χ2v) is 8.38. The molecule has 1 unspecified atom stereocenters. The smallest absolute Gasteiger partial charge is 0.416 e. The van der Waals surface area contributed by atoms with Crippen LogP contribution in [0.3, 0.4) is 0 Å². The molecule has 0 aromatic heterocycles. The molecule has 34 heavy (non-hydrogen) atoms. The maximum Gasteiger partial charge on any atom is 0.416 e. The zero-order chi connectivity index (χ0) is 25.0. The third-order valence-corrected chi connectivity index (χ3v) is 6.08. The van der Waals surface area contributed by atoms with Crippen LogP contribution in [0.2, 0.25) is 0 Å². The summed E-state index contributed by atoms with van der Waals surface area (Å²) >= 11 is -2.86. The maximum atomic E-state index is 13.6. The third kappa shape index (κ3) is 6.29. The number of hydrogen-bond donors (Lipinski definition) is 1. The number of alkyl halides is 3. The van der Waals surface area contributed by atoms with Gasteiger partial charge >= 0.3 is 6.18 Å². The first kappa shape index (κ1) is 25.6. The minimum absolute atomic E-state index is 0.0638. The van der Waals surface area contributed by atoms with Gasteiger partial charge in [-0.15, -0.1) is 0 Å². The Kier molecular flexibility index (Phi) is 7.87. The molecule has 1 heterocycles. The van der Waals surface area contributed by atoms with Crippen molar-refractivity contribution in [1.29, 1.82) is 0 Å². The number of nitrogens with one attached hydrogen (secondary N) is 1. The topological polar surface area (TPSA) is 92.8 Å². The summed E-state index contributed by atoms with van der Waals surface area (Å²) in [6.45, 7) is 0.128. The highest BCUT2D eigenvalue weighted by Gasteiger charge is 2.33. The average Bonchev–Trinajstić information content (AvgIpc) is 2.75. The standard InChI is InChI=1S/C21H20F5N3O4S/c22-14-4-5-18(17(23)11-14)27-19(30)12-20(31)28-8-6-15(7-9-28)29(34(32)33)16-3-1-2-13(10-16)21(24,25)26/h1-5,10-11,15H,6-9,12H2,(H,27,30)(H,32,33)/p-1. The largest absolute Gasteiger partial charge is 0.755 e. The highest BCUT2D eigenvalue weighted by molar-refractivity contribution is 7.80. The van der Waals surface area contributed by atoms with E-state index in [0.717, 1.165) is 34.6 Å². The molecule has 184 valence electrons. The van der Waals surface area contributed by atoms with E-state index in [0.29, 0.717) is 6.07 Å². The summed E-state index contributed by atoms with van der Waals surface area (Å²) in [5.41, 5.74) is -1.42. The third-order valence-electron chi connectivity index (χ3n) is 5.25. The molecular weight excluding hydrogens is 485 g/mol. The minimum Gasteiger partial charge on any atom is -0.755 e. The number of halogens is 5. The fraction of sp³-hybridized carbons (Fsp3) is 0.333.